The number of nitrogens with zero attached hydrogens (tertiary/aromatic N) is 1. The quantitative estimate of drug-likeness (QED) is 0.179. The lowest BCUT2D eigenvalue weighted by molar-refractivity contribution is -0.150. The van der Waals surface area contributed by atoms with Gasteiger partial charge in [-0.1, -0.05) is 76.8 Å². The van der Waals surface area contributed by atoms with E-state index in [4.69, 9.17) is 9.47 Å². The number of benzene rings is 1. The molecule has 0 saturated carbocycles. The molecule has 1 aromatic rings. The van der Waals surface area contributed by atoms with Crippen LogP contribution < -0.4 is 10.1 Å². The Balaban J connectivity index is 1.71. The Kier molecular flexibility index (Phi) is 14.4. The number of hydrogen-bond donors (Lipinski definition) is 1. The molecule has 1 heterocycles. The number of esters is 1. The summed E-state index contributed by atoms with van der Waals surface area (Å²) < 4.78 is 10.8. The van der Waals surface area contributed by atoms with Gasteiger partial charge in [-0.25, -0.2) is 0 Å². The Labute approximate surface area is 216 Å². The number of hydrogen-bond acceptors (Lipinski definition) is 5. The van der Waals surface area contributed by atoms with Crippen molar-refractivity contribution in [2.75, 3.05) is 26.3 Å². The molecule has 0 aliphatic carbocycles. The normalized spacial score (nSPS) is 15.7. The third-order valence-electron chi connectivity index (χ3n) is 6.34. The minimum atomic E-state index is -0.851. The van der Waals surface area contributed by atoms with E-state index >= 15 is 0 Å². The first-order valence-corrected chi connectivity index (χ1v) is 13.7. The molecule has 0 bridgehead atoms. The Hall–Kier alpha value is -2.83. The number of unbranched alkanes of at least 4 members (excludes halogenated alkanes) is 9. The first-order valence-electron chi connectivity index (χ1n) is 13.7. The van der Waals surface area contributed by atoms with Gasteiger partial charge in [0.1, 0.15) is 11.8 Å². The van der Waals surface area contributed by atoms with Crippen LogP contribution in [0.4, 0.5) is 0 Å². The standard InChI is InChI=1S/C29H44N2O5/c1-3-5-6-7-8-9-10-11-12-13-22-36-28(33)23-26-29(34)30-20-21-31(26)27(32)19-16-24-14-17-25(18-15-24)35-4-2/h14-19,26H,3-13,20-23H2,1-2H3,(H,30,34)/b19-16+. The van der Waals surface area contributed by atoms with Crippen molar-refractivity contribution in [3.05, 3.63) is 35.9 Å². The Morgan fingerprint density at radius 1 is 0.972 bits per heavy atom. The van der Waals surface area contributed by atoms with Gasteiger partial charge in [0.15, 0.2) is 0 Å². The molecule has 0 spiro atoms. The van der Waals surface area contributed by atoms with Crippen molar-refractivity contribution in [3.8, 4) is 5.75 Å². The lowest BCUT2D eigenvalue weighted by atomic mass is 10.1. The minimum absolute atomic E-state index is 0.133. The summed E-state index contributed by atoms with van der Waals surface area (Å²) in [7, 11) is 0. The smallest absolute Gasteiger partial charge is 0.308 e. The maximum absolute atomic E-state index is 12.8. The topological polar surface area (TPSA) is 84.9 Å². The number of amides is 2. The van der Waals surface area contributed by atoms with Gasteiger partial charge in [-0.15, -0.1) is 0 Å². The minimum Gasteiger partial charge on any atom is -0.494 e. The van der Waals surface area contributed by atoms with Crippen LogP contribution in [0.3, 0.4) is 0 Å². The van der Waals surface area contributed by atoms with E-state index in [1.165, 1.54) is 55.9 Å². The molecule has 200 valence electrons. The molecule has 1 atom stereocenters. The van der Waals surface area contributed by atoms with E-state index in [-0.39, 0.29) is 18.2 Å². The molecular weight excluding hydrogens is 456 g/mol. The molecule has 1 aliphatic heterocycles. The highest BCUT2D eigenvalue weighted by Gasteiger charge is 2.34. The summed E-state index contributed by atoms with van der Waals surface area (Å²) in [6, 6.07) is 6.56. The Morgan fingerprint density at radius 3 is 2.25 bits per heavy atom. The number of carbonyl (C=O) groups is 3. The van der Waals surface area contributed by atoms with Crippen LogP contribution in [-0.4, -0.2) is 55.0 Å². The van der Waals surface area contributed by atoms with Crippen molar-refractivity contribution in [3.63, 3.8) is 0 Å². The average Bonchev–Trinajstić information content (AvgIpc) is 2.88. The maximum atomic E-state index is 12.8. The van der Waals surface area contributed by atoms with Crippen LogP contribution in [0.1, 0.15) is 90.0 Å². The predicted molar refractivity (Wildman–Crippen MR) is 143 cm³/mol. The molecule has 2 amide bonds. The van der Waals surface area contributed by atoms with Gasteiger partial charge in [0.2, 0.25) is 11.8 Å². The van der Waals surface area contributed by atoms with Crippen LogP contribution in [0.5, 0.6) is 5.75 Å². The fourth-order valence-electron chi connectivity index (χ4n) is 4.28. The summed E-state index contributed by atoms with van der Waals surface area (Å²) in [5, 5.41) is 2.75. The zero-order valence-corrected chi connectivity index (χ0v) is 22.1. The van der Waals surface area contributed by atoms with Gasteiger partial charge in [0.25, 0.3) is 0 Å². The molecule has 2 rings (SSSR count). The lowest BCUT2D eigenvalue weighted by Gasteiger charge is -2.33. The number of piperazine rings is 1. The molecule has 0 aromatic heterocycles. The molecule has 1 aliphatic rings. The van der Waals surface area contributed by atoms with Gasteiger partial charge in [-0.3, -0.25) is 14.4 Å². The summed E-state index contributed by atoms with van der Waals surface area (Å²) in [5.41, 5.74) is 0.848. The highest BCUT2D eigenvalue weighted by Crippen LogP contribution is 2.15. The zero-order chi connectivity index (χ0) is 26.0. The van der Waals surface area contributed by atoms with Crippen LogP contribution in [0, 0.1) is 0 Å². The van der Waals surface area contributed by atoms with Crippen molar-refractivity contribution in [2.45, 2.75) is 90.5 Å². The molecule has 7 nitrogen and oxygen atoms in total. The molecule has 1 fully saturated rings. The van der Waals surface area contributed by atoms with Crippen molar-refractivity contribution in [1.82, 2.24) is 10.2 Å². The van der Waals surface area contributed by atoms with Gasteiger partial charge in [-0.2, -0.15) is 0 Å². The molecule has 36 heavy (non-hydrogen) atoms. The van der Waals surface area contributed by atoms with Gasteiger partial charge in [0, 0.05) is 19.2 Å². The highest BCUT2D eigenvalue weighted by atomic mass is 16.5. The third kappa shape index (κ3) is 11.3. The molecule has 1 saturated heterocycles. The molecule has 1 unspecified atom stereocenters. The van der Waals surface area contributed by atoms with Crippen LogP contribution in [0.25, 0.3) is 6.08 Å². The first-order chi connectivity index (χ1) is 17.5. The van der Waals surface area contributed by atoms with Crippen LogP contribution in [-0.2, 0) is 19.1 Å². The van der Waals surface area contributed by atoms with E-state index in [1.54, 1.807) is 6.08 Å². The summed E-state index contributed by atoms with van der Waals surface area (Å²) in [6.07, 6.45) is 15.1. The molecule has 7 heteroatoms. The summed E-state index contributed by atoms with van der Waals surface area (Å²) >= 11 is 0. The highest BCUT2D eigenvalue weighted by molar-refractivity contribution is 5.97. The lowest BCUT2D eigenvalue weighted by Crippen LogP contribution is -2.57. The number of rotatable bonds is 17. The molecule has 0 radical (unpaired) electrons. The summed E-state index contributed by atoms with van der Waals surface area (Å²) in [5.74, 6) is -0.294. The number of ether oxygens (including phenoxy) is 2. The van der Waals surface area contributed by atoms with Crippen molar-refractivity contribution in [1.29, 1.82) is 0 Å². The van der Waals surface area contributed by atoms with Crippen LogP contribution in [0.15, 0.2) is 30.3 Å². The number of carbonyl (C=O) groups excluding carboxylic acids is 3. The molecule has 1 aromatic carbocycles. The molecule has 1 N–H and O–H groups in total. The zero-order valence-electron chi connectivity index (χ0n) is 22.1. The van der Waals surface area contributed by atoms with E-state index in [1.807, 2.05) is 31.2 Å². The largest absolute Gasteiger partial charge is 0.494 e. The van der Waals surface area contributed by atoms with Crippen molar-refractivity contribution >= 4 is 23.9 Å². The summed E-state index contributed by atoms with van der Waals surface area (Å²) in [4.78, 5) is 39.1. The predicted octanol–water partition coefficient (Wildman–Crippen LogP) is 5.28. The van der Waals surface area contributed by atoms with Crippen LogP contribution >= 0.6 is 0 Å². The summed E-state index contributed by atoms with van der Waals surface area (Å²) in [6.45, 7) is 5.82. The second-order valence-electron chi connectivity index (χ2n) is 9.28. The van der Waals surface area contributed by atoms with E-state index in [0.29, 0.717) is 26.3 Å². The number of nitrogens with one attached hydrogen (secondary N) is 1. The third-order valence-corrected chi connectivity index (χ3v) is 6.34. The van der Waals surface area contributed by atoms with Gasteiger partial charge < -0.3 is 19.7 Å². The Bertz CT molecular complexity index is 821. The van der Waals surface area contributed by atoms with Gasteiger partial charge >= 0.3 is 5.97 Å². The van der Waals surface area contributed by atoms with E-state index in [0.717, 1.165) is 30.6 Å². The average molecular weight is 501 g/mol. The SMILES string of the molecule is CCCCCCCCCCCCOC(=O)CC1C(=O)NCCN1C(=O)/C=C/c1ccc(OCC)cc1. The second-order valence-corrected chi connectivity index (χ2v) is 9.28. The van der Waals surface area contributed by atoms with E-state index in [2.05, 4.69) is 12.2 Å². The van der Waals surface area contributed by atoms with Gasteiger partial charge in [0.05, 0.1) is 19.6 Å². The van der Waals surface area contributed by atoms with E-state index in [9.17, 15) is 14.4 Å². The fourth-order valence-corrected chi connectivity index (χ4v) is 4.28. The second kappa shape index (κ2) is 17.6. The fraction of sp³-hybridized carbons (Fsp3) is 0.621. The Morgan fingerprint density at radius 2 is 1.61 bits per heavy atom. The van der Waals surface area contributed by atoms with Crippen molar-refractivity contribution < 1.29 is 23.9 Å². The van der Waals surface area contributed by atoms with Crippen molar-refractivity contribution in [2.24, 2.45) is 0 Å². The molecular formula is C29H44N2O5. The first kappa shape index (κ1) is 29.4. The monoisotopic (exact) mass is 500 g/mol. The maximum Gasteiger partial charge on any atom is 0.308 e. The van der Waals surface area contributed by atoms with E-state index < -0.39 is 12.0 Å². The van der Waals surface area contributed by atoms with Gasteiger partial charge in [-0.05, 0) is 37.1 Å². The van der Waals surface area contributed by atoms with Crippen LogP contribution in [0.2, 0.25) is 0 Å².